The average Bonchev–Trinajstić information content (AvgIpc) is 3.08. The molecule has 0 saturated carbocycles. The van der Waals surface area contributed by atoms with Crippen molar-refractivity contribution in [3.8, 4) is 5.75 Å². The number of halogens is 1. The minimum Gasteiger partial charge on any atom is -0.497 e. The minimum atomic E-state index is -0.484. The van der Waals surface area contributed by atoms with Gasteiger partial charge in [0.25, 0.3) is 5.91 Å². The number of benzene rings is 2. The van der Waals surface area contributed by atoms with E-state index in [1.807, 2.05) is 0 Å². The summed E-state index contributed by atoms with van der Waals surface area (Å²) in [5, 5.41) is 12.4. The molecule has 0 fully saturated rings. The summed E-state index contributed by atoms with van der Waals surface area (Å²) >= 11 is 0. The van der Waals surface area contributed by atoms with Crippen molar-refractivity contribution in [3.05, 3.63) is 65.6 Å². The number of likely N-dealkylation sites (N-methyl/N-ethyl adjacent to an activating group) is 1. The first-order chi connectivity index (χ1) is 14.0. The van der Waals surface area contributed by atoms with Gasteiger partial charge in [0.1, 0.15) is 11.6 Å². The number of aldehydes is 1. The third-order valence-electron chi connectivity index (χ3n) is 4.68. The molecule has 3 aromatic rings. The highest BCUT2D eigenvalue weighted by Crippen LogP contribution is 2.33. The fourth-order valence-electron chi connectivity index (χ4n) is 3.34. The van der Waals surface area contributed by atoms with Crippen LogP contribution in [0.1, 0.15) is 11.1 Å². The maximum Gasteiger partial charge on any atom is 0.252 e. The number of carbonyl (C=O) groups excluding carboxylic acids is 2. The van der Waals surface area contributed by atoms with Crippen LogP contribution in [0.15, 0.2) is 48.7 Å². The third kappa shape index (κ3) is 3.90. The van der Waals surface area contributed by atoms with Gasteiger partial charge in [0, 0.05) is 41.8 Å². The molecule has 0 aliphatic carbocycles. The Bertz CT molecular complexity index is 1100. The Balaban J connectivity index is 2.37. The van der Waals surface area contributed by atoms with Crippen molar-refractivity contribution in [3.63, 3.8) is 0 Å². The van der Waals surface area contributed by atoms with Crippen molar-refractivity contribution in [1.29, 1.82) is 0 Å². The van der Waals surface area contributed by atoms with Crippen LogP contribution in [0, 0.1) is 5.82 Å². The van der Waals surface area contributed by atoms with Crippen LogP contribution in [0.25, 0.3) is 22.0 Å². The molecule has 3 rings (SSSR count). The van der Waals surface area contributed by atoms with E-state index in [0.717, 1.165) is 0 Å². The van der Waals surface area contributed by atoms with E-state index in [1.54, 1.807) is 41.1 Å². The van der Waals surface area contributed by atoms with Gasteiger partial charge >= 0.3 is 0 Å². The van der Waals surface area contributed by atoms with Crippen LogP contribution in [0.3, 0.4) is 0 Å². The van der Waals surface area contributed by atoms with Gasteiger partial charge in [-0.3, -0.25) is 9.59 Å². The van der Waals surface area contributed by atoms with Crippen molar-refractivity contribution >= 4 is 34.2 Å². The van der Waals surface area contributed by atoms with Crippen LogP contribution in [0.4, 0.5) is 4.39 Å². The number of allylic oxidation sites excluding steroid dienone is 1. The molecule has 1 amide bonds. The molecular formula is C22H21FN2O4. The Morgan fingerprint density at radius 1 is 1.28 bits per heavy atom. The van der Waals surface area contributed by atoms with E-state index in [-0.39, 0.29) is 24.3 Å². The predicted molar refractivity (Wildman–Crippen MR) is 109 cm³/mol. The summed E-state index contributed by atoms with van der Waals surface area (Å²) in [5.41, 5.74) is 1.81. The van der Waals surface area contributed by atoms with Gasteiger partial charge in [-0.25, -0.2) is 4.39 Å². The maximum absolute atomic E-state index is 14.0. The van der Waals surface area contributed by atoms with E-state index in [9.17, 15) is 19.1 Å². The van der Waals surface area contributed by atoms with Gasteiger partial charge in [-0.15, -0.1) is 0 Å². The molecule has 7 heteroatoms. The van der Waals surface area contributed by atoms with Crippen LogP contribution in [0.5, 0.6) is 5.75 Å². The van der Waals surface area contributed by atoms with Crippen molar-refractivity contribution in [1.82, 2.24) is 9.88 Å². The van der Waals surface area contributed by atoms with Gasteiger partial charge in [0.2, 0.25) is 0 Å². The molecule has 0 radical (unpaired) electrons. The van der Waals surface area contributed by atoms with Crippen molar-refractivity contribution in [2.24, 2.45) is 0 Å². The Hall–Kier alpha value is -3.45. The second kappa shape index (κ2) is 8.70. The van der Waals surface area contributed by atoms with E-state index < -0.39 is 11.7 Å². The number of methoxy groups -OCH3 is 1. The van der Waals surface area contributed by atoms with Gasteiger partial charge in [-0.2, -0.15) is 0 Å². The smallest absolute Gasteiger partial charge is 0.252 e. The number of hydrogen-bond acceptors (Lipinski definition) is 4. The number of ether oxygens (including phenoxy) is 1. The van der Waals surface area contributed by atoms with E-state index >= 15 is 0 Å². The largest absolute Gasteiger partial charge is 0.497 e. The first-order valence-electron chi connectivity index (χ1n) is 8.99. The van der Waals surface area contributed by atoms with Crippen LogP contribution >= 0.6 is 0 Å². The lowest BCUT2D eigenvalue weighted by molar-refractivity contribution is -0.115. The second-order valence-corrected chi connectivity index (χ2v) is 6.34. The number of rotatable bonds is 7. The summed E-state index contributed by atoms with van der Waals surface area (Å²) in [4.78, 5) is 24.9. The highest BCUT2D eigenvalue weighted by atomic mass is 19.1. The SMILES string of the molecule is CNC(=O)/C(=C(\C=O)c1cccc(OC)c1)c1cn(CCO)c2ccc(F)cc12. The molecule has 0 bridgehead atoms. The summed E-state index contributed by atoms with van der Waals surface area (Å²) in [6, 6.07) is 11.0. The van der Waals surface area contributed by atoms with Crippen molar-refractivity contribution in [2.45, 2.75) is 6.54 Å². The molecule has 2 aromatic carbocycles. The molecule has 0 aliphatic heterocycles. The number of aliphatic hydroxyl groups is 1. The Morgan fingerprint density at radius 2 is 2.07 bits per heavy atom. The average molecular weight is 396 g/mol. The van der Waals surface area contributed by atoms with Gasteiger partial charge in [-0.05, 0) is 35.9 Å². The molecule has 0 atom stereocenters. The molecular weight excluding hydrogens is 375 g/mol. The monoisotopic (exact) mass is 396 g/mol. The number of aromatic nitrogens is 1. The summed E-state index contributed by atoms with van der Waals surface area (Å²) in [7, 11) is 2.97. The molecule has 2 N–H and O–H groups in total. The topological polar surface area (TPSA) is 80.6 Å². The fraction of sp³-hybridized carbons (Fsp3) is 0.182. The molecule has 6 nitrogen and oxygen atoms in total. The molecule has 0 aliphatic rings. The van der Waals surface area contributed by atoms with E-state index in [0.29, 0.717) is 34.1 Å². The number of nitrogens with one attached hydrogen (secondary N) is 1. The van der Waals surface area contributed by atoms with Gasteiger partial charge < -0.3 is 19.7 Å². The van der Waals surface area contributed by atoms with E-state index in [2.05, 4.69) is 5.32 Å². The third-order valence-corrected chi connectivity index (χ3v) is 4.68. The molecule has 1 heterocycles. The lowest BCUT2D eigenvalue weighted by atomic mass is 9.94. The fourth-order valence-corrected chi connectivity index (χ4v) is 3.34. The summed E-state index contributed by atoms with van der Waals surface area (Å²) < 4.78 is 20.9. The number of amides is 1. The van der Waals surface area contributed by atoms with Crippen LogP contribution in [-0.4, -0.2) is 42.6 Å². The highest BCUT2D eigenvalue weighted by Gasteiger charge is 2.23. The number of hydrogen-bond donors (Lipinski definition) is 2. The quantitative estimate of drug-likeness (QED) is 0.475. The van der Waals surface area contributed by atoms with Gasteiger partial charge in [0.15, 0.2) is 6.29 Å². The molecule has 29 heavy (non-hydrogen) atoms. The van der Waals surface area contributed by atoms with Crippen LogP contribution in [0.2, 0.25) is 0 Å². The van der Waals surface area contributed by atoms with Crippen LogP contribution in [-0.2, 0) is 16.1 Å². The lowest BCUT2D eigenvalue weighted by Crippen LogP contribution is -2.20. The standard InChI is InChI=1S/C22H21FN2O4/c1-24-22(28)21(19(13-27)14-4-3-5-16(10-14)29-2)18-12-25(8-9-26)20-7-6-15(23)11-17(18)20/h3-7,10-13,26H,8-9H2,1-2H3,(H,24,28)/b21-19+. The van der Waals surface area contributed by atoms with Crippen LogP contribution < -0.4 is 10.1 Å². The Labute approximate surface area is 167 Å². The van der Waals surface area contributed by atoms with E-state index in [4.69, 9.17) is 4.74 Å². The first kappa shape index (κ1) is 20.3. The van der Waals surface area contributed by atoms with Crippen molar-refractivity contribution in [2.75, 3.05) is 20.8 Å². The van der Waals surface area contributed by atoms with Gasteiger partial charge in [0.05, 0.1) is 19.3 Å². The van der Waals surface area contributed by atoms with E-state index in [1.165, 1.54) is 26.3 Å². The predicted octanol–water partition coefficient (Wildman–Crippen LogP) is 2.64. The zero-order valence-electron chi connectivity index (χ0n) is 16.1. The normalized spacial score (nSPS) is 11.9. The molecule has 0 saturated heterocycles. The number of fused-ring (bicyclic) bond motifs is 1. The molecule has 1 aromatic heterocycles. The number of aliphatic hydroxyl groups excluding tert-OH is 1. The van der Waals surface area contributed by atoms with Gasteiger partial charge in [-0.1, -0.05) is 12.1 Å². The molecule has 0 spiro atoms. The van der Waals surface area contributed by atoms with Crippen molar-refractivity contribution < 1.29 is 23.8 Å². The lowest BCUT2D eigenvalue weighted by Gasteiger charge is -2.11. The number of nitrogens with zero attached hydrogens (tertiary/aromatic N) is 1. The second-order valence-electron chi connectivity index (χ2n) is 6.34. The molecule has 0 unspecified atom stereocenters. The zero-order chi connectivity index (χ0) is 21.0. The first-order valence-corrected chi connectivity index (χ1v) is 8.99. The minimum absolute atomic E-state index is 0.114. The Morgan fingerprint density at radius 3 is 2.72 bits per heavy atom. The maximum atomic E-state index is 14.0. The Kier molecular flexibility index (Phi) is 6.09. The molecule has 150 valence electrons. The number of carbonyl (C=O) groups is 2. The summed E-state index contributed by atoms with van der Waals surface area (Å²) in [5.74, 6) is -0.417. The zero-order valence-corrected chi connectivity index (χ0v) is 16.1. The summed E-state index contributed by atoms with van der Waals surface area (Å²) in [6.07, 6.45) is 2.25. The highest BCUT2D eigenvalue weighted by molar-refractivity contribution is 6.37. The summed E-state index contributed by atoms with van der Waals surface area (Å²) in [6.45, 7) is 0.134.